The van der Waals surface area contributed by atoms with E-state index in [1.165, 1.54) is 29.3 Å². The Labute approximate surface area is 167 Å². The molecule has 1 unspecified atom stereocenters. The summed E-state index contributed by atoms with van der Waals surface area (Å²) in [6, 6.07) is 4.76. The lowest BCUT2D eigenvalue weighted by Crippen LogP contribution is -2.47. The first kappa shape index (κ1) is 20.0. The van der Waals surface area contributed by atoms with Crippen LogP contribution < -0.4 is 9.55 Å². The molecule has 3 rings (SSSR count). The van der Waals surface area contributed by atoms with E-state index in [9.17, 15) is 16.8 Å². The van der Waals surface area contributed by atoms with Gasteiger partial charge in [-0.2, -0.15) is 0 Å². The fourth-order valence-corrected chi connectivity index (χ4v) is 5.43. The molecule has 2 aliphatic rings. The van der Waals surface area contributed by atoms with Crippen LogP contribution in [-0.2, 0) is 20.0 Å². The molecule has 0 saturated heterocycles. The minimum absolute atomic E-state index is 0.00878. The van der Waals surface area contributed by atoms with Gasteiger partial charge in [0.25, 0.3) is 10.0 Å². The first-order chi connectivity index (χ1) is 12.7. The number of allylic oxidation sites excluding steroid dienone is 4. The van der Waals surface area contributed by atoms with Gasteiger partial charge in [-0.05, 0) is 42.0 Å². The third-order valence-electron chi connectivity index (χ3n) is 3.94. The minimum atomic E-state index is -3.90. The predicted octanol–water partition coefficient (Wildman–Crippen LogP) is 2.15. The number of nitrogens with one attached hydrogen (secondary N) is 2. The Bertz CT molecular complexity index is 1060. The van der Waals surface area contributed by atoms with E-state index in [-0.39, 0.29) is 22.4 Å². The van der Waals surface area contributed by atoms with Crippen molar-refractivity contribution < 1.29 is 16.8 Å². The number of hydrogen-bond acceptors (Lipinski definition) is 5. The minimum Gasteiger partial charge on any atom is -0.289 e. The summed E-state index contributed by atoms with van der Waals surface area (Å²) in [4.78, 5) is 2.51. The molecule has 1 atom stereocenters. The van der Waals surface area contributed by atoms with Crippen LogP contribution >= 0.6 is 15.9 Å². The number of benzene rings is 1. The number of fused-ring (bicyclic) bond motifs is 1. The Morgan fingerprint density at radius 1 is 1.00 bits per heavy atom. The predicted molar refractivity (Wildman–Crippen MR) is 107 cm³/mol. The molecule has 7 nitrogen and oxygen atoms in total. The molecular formula is C17H18BrN3O4S2. The number of rotatable bonds is 6. The van der Waals surface area contributed by atoms with Crippen molar-refractivity contribution in [2.75, 3.05) is 6.54 Å². The summed E-state index contributed by atoms with van der Waals surface area (Å²) in [5, 5.41) is 1.48. The average Bonchev–Trinajstić information content (AvgIpc) is 2.62. The maximum atomic E-state index is 12.7. The molecule has 1 aromatic rings. The molecule has 1 aromatic carbocycles. The van der Waals surface area contributed by atoms with E-state index >= 15 is 0 Å². The Hall–Kier alpha value is -1.72. The normalized spacial score (nSPS) is 19.5. The smallest absolute Gasteiger partial charge is 0.257 e. The van der Waals surface area contributed by atoms with E-state index < -0.39 is 20.0 Å². The van der Waals surface area contributed by atoms with Gasteiger partial charge in [-0.25, -0.2) is 21.6 Å². The topological polar surface area (TPSA) is 95.6 Å². The molecule has 10 heteroatoms. The van der Waals surface area contributed by atoms with E-state index in [4.69, 9.17) is 0 Å². The van der Waals surface area contributed by atoms with Crippen molar-refractivity contribution in [2.45, 2.75) is 22.8 Å². The molecule has 0 bridgehead atoms. The highest BCUT2D eigenvalue weighted by molar-refractivity contribution is 9.11. The molecule has 1 heterocycles. The van der Waals surface area contributed by atoms with E-state index in [0.29, 0.717) is 0 Å². The van der Waals surface area contributed by atoms with Crippen LogP contribution in [0.15, 0.2) is 80.7 Å². The van der Waals surface area contributed by atoms with Crippen LogP contribution in [0.2, 0.25) is 0 Å². The van der Waals surface area contributed by atoms with Crippen LogP contribution in [0, 0.1) is 0 Å². The first-order valence-corrected chi connectivity index (χ1v) is 11.8. The Balaban J connectivity index is 1.83. The molecule has 0 saturated carbocycles. The maximum Gasteiger partial charge on any atom is 0.257 e. The number of hydrogen-bond donors (Lipinski definition) is 2. The number of sulfonamides is 2. The van der Waals surface area contributed by atoms with Gasteiger partial charge < -0.3 is 0 Å². The zero-order chi connectivity index (χ0) is 19.7. The second kappa shape index (κ2) is 7.72. The standard InChI is InChI=1S/C17H18BrN3O4S2/c1-2-19-26(22,23)14-8-10-15(11-9-14)27(24,25)20-21-12-4-6-13-5-3-7-16(18)17(13)21/h3-12,17,19-20H,2H2,1H3. The Morgan fingerprint density at radius 2 is 1.63 bits per heavy atom. The highest BCUT2D eigenvalue weighted by atomic mass is 79.9. The van der Waals surface area contributed by atoms with Gasteiger partial charge in [-0.3, -0.25) is 5.01 Å². The Morgan fingerprint density at radius 3 is 2.26 bits per heavy atom. The average molecular weight is 472 g/mol. The van der Waals surface area contributed by atoms with Crippen LogP contribution in [0.25, 0.3) is 0 Å². The van der Waals surface area contributed by atoms with Gasteiger partial charge in [-0.1, -0.05) is 41.1 Å². The van der Waals surface area contributed by atoms with Crippen molar-refractivity contribution in [1.82, 2.24) is 14.6 Å². The van der Waals surface area contributed by atoms with Crippen LogP contribution in [0.1, 0.15) is 6.92 Å². The van der Waals surface area contributed by atoms with Gasteiger partial charge in [0.05, 0.1) is 9.79 Å². The molecular weight excluding hydrogens is 454 g/mol. The second-order valence-electron chi connectivity index (χ2n) is 5.80. The molecule has 144 valence electrons. The second-order valence-corrected chi connectivity index (χ2v) is 10.1. The van der Waals surface area contributed by atoms with Crippen molar-refractivity contribution in [1.29, 1.82) is 0 Å². The lowest BCUT2D eigenvalue weighted by Gasteiger charge is -2.34. The molecule has 2 N–H and O–H groups in total. The third-order valence-corrected chi connectivity index (χ3v) is 7.54. The number of nitrogens with zero attached hydrogens (tertiary/aromatic N) is 1. The molecule has 0 spiro atoms. The van der Waals surface area contributed by atoms with Gasteiger partial charge in [0.2, 0.25) is 10.0 Å². The molecule has 0 aromatic heterocycles. The number of hydrazine groups is 1. The van der Waals surface area contributed by atoms with Crippen LogP contribution in [0.4, 0.5) is 0 Å². The fraction of sp³-hybridized carbons (Fsp3) is 0.176. The first-order valence-electron chi connectivity index (χ1n) is 8.07. The van der Waals surface area contributed by atoms with Gasteiger partial charge in [0, 0.05) is 17.2 Å². The van der Waals surface area contributed by atoms with Gasteiger partial charge in [0.1, 0.15) is 6.04 Å². The molecule has 0 amide bonds. The summed E-state index contributed by atoms with van der Waals surface area (Å²) in [6.45, 7) is 1.92. The van der Waals surface area contributed by atoms with Crippen LogP contribution in [0.3, 0.4) is 0 Å². The zero-order valence-electron chi connectivity index (χ0n) is 14.3. The lowest BCUT2D eigenvalue weighted by atomic mass is 9.99. The lowest BCUT2D eigenvalue weighted by molar-refractivity contribution is 0.307. The van der Waals surface area contributed by atoms with Gasteiger partial charge in [0.15, 0.2) is 0 Å². The van der Waals surface area contributed by atoms with E-state index in [1.54, 1.807) is 19.2 Å². The summed E-state index contributed by atoms with van der Waals surface area (Å²) in [6.07, 6.45) is 10.9. The number of halogens is 1. The molecule has 1 aliphatic heterocycles. The van der Waals surface area contributed by atoms with Crippen LogP contribution in [-0.4, -0.2) is 34.4 Å². The molecule has 27 heavy (non-hydrogen) atoms. The summed E-state index contributed by atoms with van der Waals surface area (Å²) in [7, 11) is -7.54. The van der Waals surface area contributed by atoms with Gasteiger partial charge >= 0.3 is 0 Å². The summed E-state index contributed by atoms with van der Waals surface area (Å²) in [5.41, 5.74) is 0.932. The quantitative estimate of drug-likeness (QED) is 0.662. The highest BCUT2D eigenvalue weighted by Crippen LogP contribution is 2.30. The van der Waals surface area contributed by atoms with E-state index in [0.717, 1.165) is 10.1 Å². The summed E-state index contributed by atoms with van der Waals surface area (Å²) >= 11 is 3.47. The van der Waals surface area contributed by atoms with Crippen molar-refractivity contribution in [3.05, 3.63) is 70.9 Å². The van der Waals surface area contributed by atoms with Crippen molar-refractivity contribution in [3.63, 3.8) is 0 Å². The van der Waals surface area contributed by atoms with Crippen molar-refractivity contribution >= 4 is 36.0 Å². The summed E-state index contributed by atoms with van der Waals surface area (Å²) < 4.78 is 52.6. The van der Waals surface area contributed by atoms with Gasteiger partial charge in [-0.15, -0.1) is 4.83 Å². The van der Waals surface area contributed by atoms with Crippen LogP contribution in [0.5, 0.6) is 0 Å². The molecule has 1 aliphatic carbocycles. The third kappa shape index (κ3) is 4.25. The van der Waals surface area contributed by atoms with Crippen molar-refractivity contribution in [3.8, 4) is 0 Å². The fourth-order valence-electron chi connectivity index (χ4n) is 2.71. The SMILES string of the molecule is CCNS(=O)(=O)c1ccc(S(=O)(=O)NN2C=CC=C3C=CC=C(Br)C32)cc1. The highest BCUT2D eigenvalue weighted by Gasteiger charge is 2.29. The zero-order valence-corrected chi connectivity index (χ0v) is 17.6. The molecule has 0 radical (unpaired) electrons. The monoisotopic (exact) mass is 471 g/mol. The van der Waals surface area contributed by atoms with E-state index in [2.05, 4.69) is 25.5 Å². The molecule has 0 fully saturated rings. The van der Waals surface area contributed by atoms with Crippen molar-refractivity contribution in [2.24, 2.45) is 0 Å². The Kier molecular flexibility index (Phi) is 5.73. The van der Waals surface area contributed by atoms with E-state index in [1.807, 2.05) is 24.3 Å². The summed E-state index contributed by atoms with van der Waals surface area (Å²) in [5.74, 6) is 0. The largest absolute Gasteiger partial charge is 0.289 e. The maximum absolute atomic E-state index is 12.7.